The lowest BCUT2D eigenvalue weighted by Crippen LogP contribution is -2.46. The fourth-order valence-electron chi connectivity index (χ4n) is 5.21. The number of aromatic nitrogens is 2. The minimum atomic E-state index is -4.51. The first kappa shape index (κ1) is 23.6. The predicted octanol–water partition coefficient (Wildman–Crippen LogP) is 5.12. The second-order valence-electron chi connectivity index (χ2n) is 9.37. The average molecular weight is 532 g/mol. The number of nitrogens with zero attached hydrogens (tertiary/aromatic N) is 5. The molecule has 4 heterocycles. The monoisotopic (exact) mass is 531 g/mol. The molecule has 2 aromatic carbocycles. The molecule has 2 atom stereocenters. The van der Waals surface area contributed by atoms with Gasteiger partial charge in [0.05, 0.1) is 28.7 Å². The summed E-state index contributed by atoms with van der Waals surface area (Å²) >= 11 is 7.20. The maximum atomic E-state index is 13.5. The van der Waals surface area contributed by atoms with Crippen molar-refractivity contribution < 1.29 is 18.0 Å². The van der Waals surface area contributed by atoms with Gasteiger partial charge in [-0.25, -0.2) is 0 Å². The number of benzene rings is 2. The van der Waals surface area contributed by atoms with Gasteiger partial charge in [0.1, 0.15) is 0 Å². The molecule has 3 aliphatic rings. The number of rotatable bonds is 3. The molecule has 36 heavy (non-hydrogen) atoms. The highest BCUT2D eigenvalue weighted by Gasteiger charge is 2.44. The van der Waals surface area contributed by atoms with E-state index in [9.17, 15) is 18.0 Å². The molecule has 3 aromatic rings. The van der Waals surface area contributed by atoms with E-state index in [0.29, 0.717) is 22.5 Å². The van der Waals surface area contributed by atoms with Gasteiger partial charge in [0.2, 0.25) is 0 Å². The summed E-state index contributed by atoms with van der Waals surface area (Å²) in [4.78, 5) is 22.0. The van der Waals surface area contributed by atoms with Gasteiger partial charge in [-0.1, -0.05) is 23.7 Å². The summed E-state index contributed by atoms with van der Waals surface area (Å²) in [6.45, 7) is 1.83. The molecule has 2 saturated heterocycles. The lowest BCUT2D eigenvalue weighted by molar-refractivity contribution is -0.138. The number of alkyl halides is 3. The van der Waals surface area contributed by atoms with Gasteiger partial charge in [-0.2, -0.15) is 23.3 Å². The second kappa shape index (κ2) is 8.64. The van der Waals surface area contributed by atoms with Crippen LogP contribution in [0.2, 0.25) is 5.02 Å². The summed E-state index contributed by atoms with van der Waals surface area (Å²) in [7, 11) is 2.13. The predicted molar refractivity (Wildman–Crippen MR) is 135 cm³/mol. The Bertz CT molecular complexity index is 1450. The highest BCUT2D eigenvalue weighted by molar-refractivity contribution is 8.18. The molecule has 0 aliphatic carbocycles. The highest BCUT2D eigenvalue weighted by Crippen LogP contribution is 2.38. The van der Waals surface area contributed by atoms with E-state index in [4.69, 9.17) is 11.6 Å². The topological polar surface area (TPSA) is 53.7 Å². The maximum absolute atomic E-state index is 13.5. The lowest BCUT2D eigenvalue weighted by Gasteiger charge is -2.32. The van der Waals surface area contributed by atoms with Gasteiger partial charge in [0.25, 0.3) is 5.91 Å². The first-order valence-corrected chi connectivity index (χ1v) is 12.7. The summed E-state index contributed by atoms with van der Waals surface area (Å²) < 4.78 is 42.0. The fourth-order valence-corrected chi connectivity index (χ4v) is 6.37. The van der Waals surface area contributed by atoms with E-state index in [1.807, 2.05) is 18.2 Å². The van der Waals surface area contributed by atoms with Gasteiger partial charge in [0.15, 0.2) is 5.17 Å². The maximum Gasteiger partial charge on any atom is 0.416 e. The van der Waals surface area contributed by atoms with E-state index in [1.165, 1.54) is 28.6 Å². The Hall–Kier alpha value is -2.82. The number of thioether (sulfide) groups is 1. The van der Waals surface area contributed by atoms with E-state index in [2.05, 4.69) is 26.9 Å². The van der Waals surface area contributed by atoms with Crippen LogP contribution in [0.25, 0.3) is 17.0 Å². The molecule has 2 bridgehead atoms. The Kier molecular flexibility index (Phi) is 5.66. The number of carbonyl (C=O) groups excluding carboxylic acids is 1. The van der Waals surface area contributed by atoms with Crippen LogP contribution in [-0.4, -0.2) is 62.9 Å². The Morgan fingerprint density at radius 3 is 2.72 bits per heavy atom. The minimum Gasteiger partial charge on any atom is -0.345 e. The number of likely N-dealkylation sites (tertiary alicyclic amines) is 2. The smallest absolute Gasteiger partial charge is 0.345 e. The van der Waals surface area contributed by atoms with E-state index < -0.39 is 11.7 Å². The van der Waals surface area contributed by atoms with Crippen molar-refractivity contribution in [3.8, 4) is 0 Å². The van der Waals surface area contributed by atoms with Crippen molar-refractivity contribution in [2.75, 3.05) is 20.1 Å². The molecule has 0 spiro atoms. The molecule has 6 rings (SSSR count). The molecule has 2 fully saturated rings. The number of aliphatic imine (C=N–C) groups is 1. The quantitative estimate of drug-likeness (QED) is 0.439. The number of fused-ring (bicyclic) bond motifs is 3. The van der Waals surface area contributed by atoms with Crippen molar-refractivity contribution in [3.05, 3.63) is 69.2 Å². The number of hydrogen-bond donors (Lipinski definition) is 0. The zero-order chi connectivity index (χ0) is 25.2. The number of carbonyl (C=O) groups is 1. The van der Waals surface area contributed by atoms with Crippen molar-refractivity contribution in [1.29, 1.82) is 0 Å². The van der Waals surface area contributed by atoms with Crippen molar-refractivity contribution in [2.24, 2.45) is 4.99 Å². The molecule has 1 aromatic heterocycles. The second-order valence-corrected chi connectivity index (χ2v) is 10.8. The van der Waals surface area contributed by atoms with Crippen LogP contribution in [0, 0.1) is 0 Å². The molecule has 0 N–H and O–H groups in total. The van der Waals surface area contributed by atoms with Crippen LogP contribution >= 0.6 is 23.4 Å². The lowest BCUT2D eigenvalue weighted by atomic mass is 10.1. The van der Waals surface area contributed by atoms with Crippen LogP contribution in [0.15, 0.2) is 52.5 Å². The van der Waals surface area contributed by atoms with Crippen molar-refractivity contribution in [3.63, 3.8) is 0 Å². The summed E-state index contributed by atoms with van der Waals surface area (Å²) in [6.07, 6.45) is 0.00909. The third kappa shape index (κ3) is 4.21. The number of likely N-dealkylation sites (N-methyl/N-ethyl adjacent to an activating group) is 1. The average Bonchev–Trinajstić information content (AvgIpc) is 3.58. The van der Waals surface area contributed by atoms with Crippen molar-refractivity contribution >= 4 is 51.4 Å². The molecule has 0 radical (unpaired) electrons. The zero-order valence-electron chi connectivity index (χ0n) is 19.2. The van der Waals surface area contributed by atoms with Gasteiger partial charge in [-0.15, -0.1) is 0 Å². The van der Waals surface area contributed by atoms with E-state index in [1.54, 1.807) is 12.3 Å². The number of piperazine rings is 1. The van der Waals surface area contributed by atoms with Gasteiger partial charge >= 0.3 is 6.18 Å². The Morgan fingerprint density at radius 2 is 2.00 bits per heavy atom. The summed E-state index contributed by atoms with van der Waals surface area (Å²) in [5, 5.41) is 5.87. The third-order valence-corrected chi connectivity index (χ3v) is 8.29. The summed E-state index contributed by atoms with van der Waals surface area (Å²) in [5.41, 5.74) is 0.812. The molecule has 11 heteroatoms. The third-order valence-electron chi connectivity index (χ3n) is 7.03. The van der Waals surface area contributed by atoms with Crippen LogP contribution in [0.5, 0.6) is 0 Å². The minimum absolute atomic E-state index is 0.0325. The van der Waals surface area contributed by atoms with E-state index >= 15 is 0 Å². The molecule has 6 nitrogen and oxygen atoms in total. The summed E-state index contributed by atoms with van der Waals surface area (Å²) in [5.74, 6) is -0.246. The van der Waals surface area contributed by atoms with Crippen LogP contribution in [0.1, 0.15) is 23.1 Å². The molecular weight excluding hydrogens is 511 g/mol. The van der Waals surface area contributed by atoms with Crippen LogP contribution in [-0.2, 0) is 17.5 Å². The largest absolute Gasteiger partial charge is 0.416 e. The zero-order valence-corrected chi connectivity index (χ0v) is 20.7. The van der Waals surface area contributed by atoms with Crippen LogP contribution in [0.4, 0.5) is 13.2 Å². The Morgan fingerprint density at radius 1 is 1.17 bits per heavy atom. The molecule has 0 unspecified atom stereocenters. The highest BCUT2D eigenvalue weighted by atomic mass is 35.5. The Balaban J connectivity index is 1.22. The SMILES string of the molecule is CN1C[C@H]2C[C@@H]1CN2C1=NC(=O)/C(=C/c2ccc3c(cnn3Cc3ccc(Cl)cc3C(F)(F)F)c2)S1. The van der Waals surface area contributed by atoms with Crippen molar-refractivity contribution in [2.45, 2.75) is 31.2 Å². The van der Waals surface area contributed by atoms with Crippen LogP contribution < -0.4 is 0 Å². The first-order valence-electron chi connectivity index (χ1n) is 11.5. The standard InChI is InChI=1S/C25H21ClF3N5OS/c1-32-12-19-9-18(32)13-33(19)24-31-23(35)22(36-24)7-14-2-5-21-16(6-14)10-30-34(21)11-15-3-4-17(26)8-20(15)25(27,28)29/h2-8,10,18-19H,9,11-13H2,1H3/b22-7-/t18-,19-/m1/s1. The first-order chi connectivity index (χ1) is 17.2. The normalized spacial score (nSPS) is 23.5. The molecular formula is C25H21ClF3N5OS. The molecule has 186 valence electrons. The number of hydrogen-bond acceptors (Lipinski definition) is 5. The number of halogens is 4. The van der Waals surface area contributed by atoms with E-state index in [0.717, 1.165) is 41.7 Å². The molecule has 0 saturated carbocycles. The van der Waals surface area contributed by atoms with Gasteiger partial charge in [-0.3, -0.25) is 14.4 Å². The number of amides is 1. The van der Waals surface area contributed by atoms with Gasteiger partial charge in [0, 0.05) is 35.6 Å². The summed E-state index contributed by atoms with van der Waals surface area (Å²) in [6, 6.07) is 10.2. The van der Waals surface area contributed by atoms with Gasteiger partial charge in [-0.05, 0) is 66.7 Å². The number of amidine groups is 1. The Labute approximate surface area is 214 Å². The van der Waals surface area contributed by atoms with E-state index in [-0.39, 0.29) is 23.0 Å². The fraction of sp³-hybridized carbons (Fsp3) is 0.320. The van der Waals surface area contributed by atoms with Crippen LogP contribution in [0.3, 0.4) is 0 Å². The molecule has 3 aliphatic heterocycles. The molecule has 1 amide bonds. The van der Waals surface area contributed by atoms with Crippen molar-refractivity contribution in [1.82, 2.24) is 19.6 Å². The van der Waals surface area contributed by atoms with Gasteiger partial charge < -0.3 is 4.90 Å².